The van der Waals surface area contributed by atoms with Crippen molar-refractivity contribution in [3.05, 3.63) is 42.2 Å². The summed E-state index contributed by atoms with van der Waals surface area (Å²) in [5.41, 5.74) is 0.828. The van der Waals surface area contributed by atoms with E-state index < -0.39 is 0 Å². The molecular weight excluding hydrogens is 354 g/mol. The quantitative estimate of drug-likeness (QED) is 0.793. The Labute approximate surface area is 166 Å². The fraction of sp³-hybridized carbons (Fsp3) is 0.571. The van der Waals surface area contributed by atoms with E-state index in [0.29, 0.717) is 18.6 Å². The van der Waals surface area contributed by atoms with Crippen molar-refractivity contribution in [3.8, 4) is 5.75 Å². The zero-order valence-corrected chi connectivity index (χ0v) is 16.6. The van der Waals surface area contributed by atoms with E-state index in [1.165, 1.54) is 0 Å². The van der Waals surface area contributed by atoms with Crippen LogP contribution >= 0.6 is 0 Å². The molecule has 1 unspecified atom stereocenters. The molecule has 0 spiro atoms. The summed E-state index contributed by atoms with van der Waals surface area (Å²) in [6.45, 7) is 7.19. The van der Waals surface area contributed by atoms with E-state index in [1.807, 2.05) is 55.1 Å². The molecule has 0 saturated carbocycles. The number of amides is 1. The Balaban J connectivity index is 1.31. The van der Waals surface area contributed by atoms with Gasteiger partial charge < -0.3 is 10.1 Å². The number of aromatic nitrogens is 3. The van der Waals surface area contributed by atoms with Gasteiger partial charge in [-0.1, -0.05) is 23.4 Å². The van der Waals surface area contributed by atoms with E-state index in [2.05, 4.69) is 20.5 Å². The molecule has 7 heteroatoms. The summed E-state index contributed by atoms with van der Waals surface area (Å²) in [4.78, 5) is 14.9. The van der Waals surface area contributed by atoms with Crippen LogP contribution in [0.15, 0.2) is 36.5 Å². The van der Waals surface area contributed by atoms with E-state index in [1.54, 1.807) is 0 Å². The van der Waals surface area contributed by atoms with Crippen molar-refractivity contribution < 1.29 is 9.53 Å². The summed E-state index contributed by atoms with van der Waals surface area (Å²) in [7, 11) is 0. The SMILES string of the molecule is CC(C)NC(=O)[C@H]1CN2CC[C@@H]1C[C@@H]2Cn1cc(COc2ccccc2)nn1. The van der Waals surface area contributed by atoms with Crippen molar-refractivity contribution >= 4 is 5.91 Å². The van der Waals surface area contributed by atoms with E-state index in [0.717, 1.165) is 43.9 Å². The van der Waals surface area contributed by atoms with Crippen LogP contribution in [0.3, 0.4) is 0 Å². The Morgan fingerprint density at radius 3 is 2.86 bits per heavy atom. The number of nitrogens with zero attached hydrogens (tertiary/aromatic N) is 4. The van der Waals surface area contributed by atoms with Gasteiger partial charge in [-0.3, -0.25) is 14.4 Å². The third kappa shape index (κ3) is 4.35. The van der Waals surface area contributed by atoms with Crippen molar-refractivity contribution in [2.45, 2.75) is 51.9 Å². The van der Waals surface area contributed by atoms with Gasteiger partial charge in [0.2, 0.25) is 5.91 Å². The fourth-order valence-electron chi connectivity index (χ4n) is 4.40. The molecule has 1 N–H and O–H groups in total. The second-order valence-corrected chi connectivity index (χ2v) is 8.24. The molecule has 3 aliphatic rings. The van der Waals surface area contributed by atoms with Gasteiger partial charge in [0.1, 0.15) is 18.1 Å². The molecule has 3 saturated heterocycles. The zero-order valence-electron chi connectivity index (χ0n) is 16.6. The van der Waals surface area contributed by atoms with E-state index >= 15 is 0 Å². The molecule has 1 amide bonds. The number of para-hydroxylation sites is 1. The van der Waals surface area contributed by atoms with Crippen LogP contribution in [0.1, 0.15) is 32.4 Å². The smallest absolute Gasteiger partial charge is 0.224 e. The van der Waals surface area contributed by atoms with Gasteiger partial charge in [0.15, 0.2) is 0 Å². The predicted octanol–water partition coefficient (Wildman–Crippen LogP) is 2.09. The number of carbonyl (C=O) groups is 1. The maximum atomic E-state index is 12.5. The standard InChI is InChI=1S/C21H29N5O2/c1-15(2)22-21(27)20-13-25-9-8-16(20)10-18(25)12-26-11-17(23-24-26)14-28-19-6-4-3-5-7-19/h3-7,11,15-16,18,20H,8-10,12-14H2,1-2H3,(H,22,27)/t16-,18-,20+/m1/s1. The highest BCUT2D eigenvalue weighted by Gasteiger charge is 2.43. The molecule has 0 aliphatic carbocycles. The normalized spacial score (nSPS) is 26.4. The molecule has 5 rings (SSSR count). The molecule has 2 bridgehead atoms. The lowest BCUT2D eigenvalue weighted by molar-refractivity contribution is -0.133. The van der Waals surface area contributed by atoms with Crippen LogP contribution in [0, 0.1) is 11.8 Å². The number of ether oxygens (including phenoxy) is 1. The first-order chi connectivity index (χ1) is 13.6. The van der Waals surface area contributed by atoms with Crippen LogP contribution in [0.25, 0.3) is 0 Å². The lowest BCUT2D eigenvalue weighted by atomic mass is 9.75. The van der Waals surface area contributed by atoms with Gasteiger partial charge in [-0.25, -0.2) is 0 Å². The van der Waals surface area contributed by atoms with Gasteiger partial charge in [0, 0.05) is 18.6 Å². The Morgan fingerprint density at radius 2 is 2.14 bits per heavy atom. The topological polar surface area (TPSA) is 72.3 Å². The van der Waals surface area contributed by atoms with Crippen LogP contribution in [0.4, 0.5) is 0 Å². The minimum Gasteiger partial charge on any atom is -0.487 e. The van der Waals surface area contributed by atoms with E-state index in [9.17, 15) is 4.79 Å². The van der Waals surface area contributed by atoms with Crippen molar-refractivity contribution in [1.29, 1.82) is 0 Å². The van der Waals surface area contributed by atoms with Gasteiger partial charge in [0.25, 0.3) is 0 Å². The molecule has 7 nitrogen and oxygen atoms in total. The lowest BCUT2D eigenvalue weighted by Crippen LogP contribution is -2.58. The highest BCUT2D eigenvalue weighted by molar-refractivity contribution is 5.79. The maximum Gasteiger partial charge on any atom is 0.224 e. The zero-order chi connectivity index (χ0) is 19.5. The van der Waals surface area contributed by atoms with Crippen molar-refractivity contribution in [1.82, 2.24) is 25.2 Å². The molecule has 28 heavy (non-hydrogen) atoms. The summed E-state index contributed by atoms with van der Waals surface area (Å²) in [6.07, 6.45) is 4.13. The summed E-state index contributed by atoms with van der Waals surface area (Å²) in [5.74, 6) is 1.64. The molecule has 0 radical (unpaired) electrons. The Bertz CT molecular complexity index is 791. The predicted molar refractivity (Wildman–Crippen MR) is 106 cm³/mol. The van der Waals surface area contributed by atoms with Crippen LogP contribution in [0.2, 0.25) is 0 Å². The molecule has 3 aliphatic heterocycles. The summed E-state index contributed by atoms with van der Waals surface area (Å²) >= 11 is 0. The number of rotatable bonds is 7. The highest BCUT2D eigenvalue weighted by Crippen LogP contribution is 2.37. The first kappa shape index (κ1) is 18.9. The number of carbonyl (C=O) groups excluding carboxylic acids is 1. The average Bonchev–Trinajstić information content (AvgIpc) is 3.14. The highest BCUT2D eigenvalue weighted by atomic mass is 16.5. The second-order valence-electron chi connectivity index (χ2n) is 8.24. The third-order valence-electron chi connectivity index (χ3n) is 5.76. The third-order valence-corrected chi connectivity index (χ3v) is 5.76. The molecular formula is C21H29N5O2. The minimum atomic E-state index is 0.123. The molecule has 2 aromatic rings. The number of piperidine rings is 3. The Kier molecular flexibility index (Phi) is 5.62. The number of hydrogen-bond acceptors (Lipinski definition) is 5. The number of fused-ring (bicyclic) bond motifs is 3. The molecule has 3 fully saturated rings. The lowest BCUT2D eigenvalue weighted by Gasteiger charge is -2.49. The number of hydrogen-bond donors (Lipinski definition) is 1. The monoisotopic (exact) mass is 383 g/mol. The van der Waals surface area contributed by atoms with Gasteiger partial charge >= 0.3 is 0 Å². The fourth-order valence-corrected chi connectivity index (χ4v) is 4.40. The Morgan fingerprint density at radius 1 is 1.32 bits per heavy atom. The van der Waals surface area contributed by atoms with Crippen molar-refractivity contribution in [2.75, 3.05) is 13.1 Å². The van der Waals surface area contributed by atoms with Gasteiger partial charge in [-0.15, -0.1) is 5.10 Å². The van der Waals surface area contributed by atoms with Crippen molar-refractivity contribution in [2.24, 2.45) is 11.8 Å². The number of nitrogens with one attached hydrogen (secondary N) is 1. The summed E-state index contributed by atoms with van der Waals surface area (Å²) < 4.78 is 7.66. The van der Waals surface area contributed by atoms with E-state index in [4.69, 9.17) is 4.74 Å². The molecule has 1 aromatic carbocycles. The van der Waals surface area contributed by atoms with E-state index in [-0.39, 0.29) is 17.9 Å². The molecule has 1 aromatic heterocycles. The minimum absolute atomic E-state index is 0.123. The molecule has 150 valence electrons. The van der Waals surface area contributed by atoms with Crippen LogP contribution in [-0.2, 0) is 17.9 Å². The van der Waals surface area contributed by atoms with Crippen molar-refractivity contribution in [3.63, 3.8) is 0 Å². The van der Waals surface area contributed by atoms with Gasteiger partial charge in [0.05, 0.1) is 18.7 Å². The first-order valence-corrected chi connectivity index (χ1v) is 10.2. The first-order valence-electron chi connectivity index (χ1n) is 10.2. The number of benzene rings is 1. The summed E-state index contributed by atoms with van der Waals surface area (Å²) in [6, 6.07) is 10.4. The Hall–Kier alpha value is -2.41. The van der Waals surface area contributed by atoms with Crippen LogP contribution < -0.4 is 10.1 Å². The van der Waals surface area contributed by atoms with Crippen LogP contribution in [0.5, 0.6) is 5.75 Å². The summed E-state index contributed by atoms with van der Waals surface area (Å²) in [5, 5.41) is 11.6. The maximum absolute atomic E-state index is 12.5. The van der Waals surface area contributed by atoms with Crippen LogP contribution in [-0.4, -0.2) is 51.0 Å². The molecule has 4 atom stereocenters. The molecule has 4 heterocycles. The van der Waals surface area contributed by atoms with Gasteiger partial charge in [-0.2, -0.15) is 0 Å². The largest absolute Gasteiger partial charge is 0.487 e. The average molecular weight is 383 g/mol. The second kappa shape index (κ2) is 8.31. The van der Waals surface area contributed by atoms with Gasteiger partial charge in [-0.05, 0) is 51.3 Å².